The summed E-state index contributed by atoms with van der Waals surface area (Å²) in [6.07, 6.45) is 6.13. The normalized spacial score (nSPS) is 43.7. The molecule has 0 spiro atoms. The Morgan fingerprint density at radius 2 is 2.33 bits per heavy atom. The van der Waals surface area contributed by atoms with Crippen LogP contribution in [0.15, 0.2) is 23.8 Å². The van der Waals surface area contributed by atoms with E-state index in [1.807, 2.05) is 0 Å². The van der Waals surface area contributed by atoms with Crippen molar-refractivity contribution in [3.63, 3.8) is 0 Å². The standard InChI is InChI=1S/C15H20O3/c1-9-11-6-5-10-4-3-7-15(2,8-10)13(16)12(11)18-14(9)17/h4,11-13,16H,1,3,5-8H2,2H3/t11-,12+,13-,15+/m0/s1. The van der Waals surface area contributed by atoms with Gasteiger partial charge in [0.05, 0.1) is 6.10 Å². The predicted molar refractivity (Wildman–Crippen MR) is 67.8 cm³/mol. The molecule has 0 aromatic rings. The minimum absolute atomic E-state index is 0.00590. The third-order valence-corrected chi connectivity index (χ3v) is 4.93. The Labute approximate surface area is 108 Å². The van der Waals surface area contributed by atoms with Gasteiger partial charge in [-0.05, 0) is 32.1 Å². The van der Waals surface area contributed by atoms with Gasteiger partial charge in [-0.25, -0.2) is 4.79 Å². The largest absolute Gasteiger partial charge is 0.456 e. The highest BCUT2D eigenvalue weighted by molar-refractivity contribution is 5.90. The maximum Gasteiger partial charge on any atom is 0.334 e. The smallest absolute Gasteiger partial charge is 0.334 e. The summed E-state index contributed by atoms with van der Waals surface area (Å²) in [6, 6.07) is 0. The van der Waals surface area contributed by atoms with Crippen LogP contribution in [0.1, 0.15) is 39.0 Å². The monoisotopic (exact) mass is 248 g/mol. The van der Waals surface area contributed by atoms with Crippen molar-refractivity contribution < 1.29 is 14.6 Å². The fraction of sp³-hybridized carbons (Fsp3) is 0.667. The molecule has 2 fully saturated rings. The molecule has 18 heavy (non-hydrogen) atoms. The highest BCUT2D eigenvalue weighted by Gasteiger charge is 2.50. The maximum absolute atomic E-state index is 11.7. The van der Waals surface area contributed by atoms with Crippen LogP contribution in [0.5, 0.6) is 0 Å². The molecule has 3 heteroatoms. The number of hydrogen-bond donors (Lipinski definition) is 1. The van der Waals surface area contributed by atoms with E-state index in [9.17, 15) is 9.90 Å². The Hall–Kier alpha value is -1.09. The number of aliphatic hydroxyl groups is 1. The summed E-state index contributed by atoms with van der Waals surface area (Å²) in [6.45, 7) is 5.95. The molecule has 0 amide bonds. The van der Waals surface area contributed by atoms with E-state index in [-0.39, 0.29) is 23.4 Å². The molecule has 2 bridgehead atoms. The number of allylic oxidation sites excluding steroid dienone is 2. The second kappa shape index (κ2) is 3.95. The van der Waals surface area contributed by atoms with Crippen molar-refractivity contribution in [2.75, 3.05) is 0 Å². The molecule has 0 aromatic heterocycles. The van der Waals surface area contributed by atoms with E-state index < -0.39 is 6.10 Å². The van der Waals surface area contributed by atoms with E-state index in [1.54, 1.807) is 0 Å². The number of hydrogen-bond acceptors (Lipinski definition) is 3. The maximum atomic E-state index is 11.7. The molecule has 2 aliphatic carbocycles. The SMILES string of the molecule is C=C1C(=O)O[C@@H]2[C@H]1CCC1=CCC[C@](C)(C1)[C@H]2O. The van der Waals surface area contributed by atoms with E-state index >= 15 is 0 Å². The van der Waals surface area contributed by atoms with E-state index in [4.69, 9.17) is 4.74 Å². The molecule has 3 rings (SSSR count). The van der Waals surface area contributed by atoms with Crippen LogP contribution >= 0.6 is 0 Å². The van der Waals surface area contributed by atoms with Crippen LogP contribution in [0.25, 0.3) is 0 Å². The minimum atomic E-state index is -0.574. The van der Waals surface area contributed by atoms with E-state index in [0.717, 1.165) is 32.1 Å². The molecular weight excluding hydrogens is 228 g/mol. The Bertz CT molecular complexity index is 437. The fourth-order valence-electron chi connectivity index (χ4n) is 3.72. The topological polar surface area (TPSA) is 46.5 Å². The highest BCUT2D eigenvalue weighted by Crippen LogP contribution is 2.48. The van der Waals surface area contributed by atoms with Crippen LogP contribution in [0, 0.1) is 11.3 Å². The molecular formula is C15H20O3. The van der Waals surface area contributed by atoms with Crippen molar-refractivity contribution in [3.8, 4) is 0 Å². The van der Waals surface area contributed by atoms with E-state index in [1.165, 1.54) is 5.57 Å². The Morgan fingerprint density at radius 1 is 1.56 bits per heavy atom. The third-order valence-electron chi connectivity index (χ3n) is 4.93. The molecule has 3 aliphatic rings. The van der Waals surface area contributed by atoms with Crippen LogP contribution in [-0.2, 0) is 9.53 Å². The van der Waals surface area contributed by atoms with Gasteiger partial charge < -0.3 is 9.84 Å². The van der Waals surface area contributed by atoms with Gasteiger partial charge in [-0.2, -0.15) is 0 Å². The fourth-order valence-corrected chi connectivity index (χ4v) is 3.72. The van der Waals surface area contributed by atoms with Crippen molar-refractivity contribution in [2.24, 2.45) is 11.3 Å². The Balaban J connectivity index is 1.97. The van der Waals surface area contributed by atoms with Crippen molar-refractivity contribution >= 4 is 5.97 Å². The van der Waals surface area contributed by atoms with Gasteiger partial charge in [0.1, 0.15) is 6.10 Å². The van der Waals surface area contributed by atoms with Crippen LogP contribution in [0.2, 0.25) is 0 Å². The summed E-state index contributed by atoms with van der Waals surface area (Å²) in [5.41, 5.74) is 1.81. The first-order valence-corrected chi connectivity index (χ1v) is 6.77. The van der Waals surface area contributed by atoms with Gasteiger partial charge in [-0.3, -0.25) is 0 Å². The first-order valence-electron chi connectivity index (χ1n) is 6.77. The average Bonchev–Trinajstić information content (AvgIpc) is 2.62. The van der Waals surface area contributed by atoms with Crippen molar-refractivity contribution in [2.45, 2.75) is 51.2 Å². The first kappa shape index (κ1) is 12.0. The van der Waals surface area contributed by atoms with Gasteiger partial charge >= 0.3 is 5.97 Å². The average molecular weight is 248 g/mol. The lowest BCUT2D eigenvalue weighted by molar-refractivity contribution is -0.150. The second-order valence-corrected chi connectivity index (χ2v) is 6.22. The molecule has 1 saturated heterocycles. The second-order valence-electron chi connectivity index (χ2n) is 6.22. The van der Waals surface area contributed by atoms with Crippen LogP contribution < -0.4 is 0 Å². The van der Waals surface area contributed by atoms with Crippen LogP contribution in [0.4, 0.5) is 0 Å². The molecule has 1 aliphatic heterocycles. The lowest BCUT2D eigenvalue weighted by Gasteiger charge is -2.43. The summed E-state index contributed by atoms with van der Waals surface area (Å²) in [7, 11) is 0. The number of rotatable bonds is 0. The van der Waals surface area contributed by atoms with Crippen LogP contribution in [-0.4, -0.2) is 23.3 Å². The molecule has 1 N–H and O–H groups in total. The number of carbonyl (C=O) groups excluding carboxylic acids is 1. The molecule has 3 nitrogen and oxygen atoms in total. The Morgan fingerprint density at radius 3 is 3.11 bits per heavy atom. The van der Waals surface area contributed by atoms with Gasteiger partial charge in [0.25, 0.3) is 0 Å². The van der Waals surface area contributed by atoms with E-state index in [2.05, 4.69) is 19.6 Å². The molecule has 0 unspecified atom stereocenters. The quantitative estimate of drug-likeness (QED) is 0.406. The summed E-state index contributed by atoms with van der Waals surface area (Å²) >= 11 is 0. The summed E-state index contributed by atoms with van der Waals surface area (Å²) in [4.78, 5) is 11.7. The third kappa shape index (κ3) is 1.64. The number of fused-ring (bicyclic) bond motifs is 3. The zero-order valence-corrected chi connectivity index (χ0v) is 10.8. The number of esters is 1. The molecule has 1 heterocycles. The number of ether oxygens (including phenoxy) is 1. The molecule has 1 saturated carbocycles. The van der Waals surface area contributed by atoms with Crippen LogP contribution in [0.3, 0.4) is 0 Å². The zero-order valence-electron chi connectivity index (χ0n) is 10.8. The zero-order chi connectivity index (χ0) is 12.9. The highest BCUT2D eigenvalue weighted by atomic mass is 16.6. The summed E-state index contributed by atoms with van der Waals surface area (Å²) < 4.78 is 5.37. The van der Waals surface area contributed by atoms with Gasteiger partial charge in [0, 0.05) is 16.9 Å². The van der Waals surface area contributed by atoms with Gasteiger partial charge in [-0.15, -0.1) is 0 Å². The molecule has 98 valence electrons. The summed E-state index contributed by atoms with van der Waals surface area (Å²) in [5.74, 6) is -0.327. The summed E-state index contributed by atoms with van der Waals surface area (Å²) in [5, 5.41) is 10.6. The van der Waals surface area contributed by atoms with Gasteiger partial charge in [0.2, 0.25) is 0 Å². The van der Waals surface area contributed by atoms with Crippen molar-refractivity contribution in [1.29, 1.82) is 0 Å². The predicted octanol–water partition coefficient (Wildman–Crippen LogP) is 2.36. The Kier molecular flexibility index (Phi) is 2.63. The van der Waals surface area contributed by atoms with E-state index in [0.29, 0.717) is 5.57 Å². The lowest BCUT2D eigenvalue weighted by atomic mass is 9.65. The number of aliphatic hydroxyl groups excluding tert-OH is 1. The number of carbonyl (C=O) groups is 1. The molecule has 0 radical (unpaired) electrons. The van der Waals surface area contributed by atoms with Crippen molar-refractivity contribution in [1.82, 2.24) is 0 Å². The van der Waals surface area contributed by atoms with Gasteiger partial charge in [0.15, 0.2) is 0 Å². The molecule has 0 aromatic carbocycles. The molecule has 4 atom stereocenters. The minimum Gasteiger partial charge on any atom is -0.456 e. The van der Waals surface area contributed by atoms with Gasteiger partial charge in [-0.1, -0.05) is 25.2 Å². The first-order chi connectivity index (χ1) is 8.51. The van der Waals surface area contributed by atoms with Crippen molar-refractivity contribution in [3.05, 3.63) is 23.8 Å². The lowest BCUT2D eigenvalue weighted by Crippen LogP contribution is -2.46.